The van der Waals surface area contributed by atoms with Gasteiger partial charge in [-0.3, -0.25) is 9.89 Å². The number of ether oxygens (including phenoxy) is 1. The van der Waals surface area contributed by atoms with Crippen molar-refractivity contribution in [3.05, 3.63) is 65.7 Å². The zero-order chi connectivity index (χ0) is 20.5. The Morgan fingerprint density at radius 1 is 1.10 bits per heavy atom. The van der Waals surface area contributed by atoms with Crippen LogP contribution in [0.1, 0.15) is 24.0 Å². The van der Waals surface area contributed by atoms with Crippen LogP contribution >= 0.6 is 24.0 Å². The molecule has 0 spiro atoms. The van der Waals surface area contributed by atoms with Gasteiger partial charge in [-0.1, -0.05) is 48.5 Å². The Kier molecular flexibility index (Phi) is 10.3. The fourth-order valence-corrected chi connectivity index (χ4v) is 3.50. The molecule has 0 atom stereocenters. The Morgan fingerprint density at radius 2 is 1.77 bits per heavy atom. The molecule has 164 valence electrons. The topological polar surface area (TPSA) is 48.9 Å². The molecule has 1 saturated heterocycles. The molecule has 30 heavy (non-hydrogen) atoms. The lowest BCUT2D eigenvalue weighted by Gasteiger charge is -2.33. The Balaban J connectivity index is 0.00000320. The second kappa shape index (κ2) is 12.7. The zero-order valence-corrected chi connectivity index (χ0v) is 19.4. The van der Waals surface area contributed by atoms with Crippen LogP contribution in [-0.4, -0.2) is 43.6 Å². The van der Waals surface area contributed by atoms with Crippen molar-refractivity contribution in [3.63, 3.8) is 0 Å². The predicted molar refractivity (Wildman–Crippen MR) is 127 cm³/mol. The van der Waals surface area contributed by atoms with Gasteiger partial charge in [-0.25, -0.2) is 0 Å². The smallest absolute Gasteiger partial charge is 0.387 e. The van der Waals surface area contributed by atoms with E-state index in [0.717, 1.165) is 32.5 Å². The number of nitrogens with one attached hydrogen (secondary N) is 2. The third kappa shape index (κ3) is 7.71. The maximum absolute atomic E-state index is 12.6. The number of hydrogen-bond acceptors (Lipinski definition) is 3. The maximum atomic E-state index is 12.6. The molecule has 0 aromatic heterocycles. The van der Waals surface area contributed by atoms with Crippen LogP contribution in [0.4, 0.5) is 8.78 Å². The standard InChI is InChI=1S/C22H28F2N4O.HI/c1-25-22(26-15-18-9-5-6-10-20(18)29-21(23)24)27-19-11-13-28(14-12-19)16-17-7-3-2-4-8-17;/h2-10,19,21H,11-16H2,1H3,(H2,25,26,27);1H. The van der Waals surface area contributed by atoms with Gasteiger partial charge in [0.2, 0.25) is 0 Å². The van der Waals surface area contributed by atoms with E-state index in [1.54, 1.807) is 31.3 Å². The average Bonchev–Trinajstić information content (AvgIpc) is 2.73. The van der Waals surface area contributed by atoms with Crippen molar-refractivity contribution in [1.82, 2.24) is 15.5 Å². The van der Waals surface area contributed by atoms with Gasteiger partial charge in [-0.05, 0) is 24.5 Å². The van der Waals surface area contributed by atoms with E-state index in [4.69, 9.17) is 0 Å². The third-order valence-electron chi connectivity index (χ3n) is 5.04. The minimum absolute atomic E-state index is 0. The summed E-state index contributed by atoms with van der Waals surface area (Å²) in [7, 11) is 1.71. The Morgan fingerprint density at radius 3 is 2.43 bits per heavy atom. The van der Waals surface area contributed by atoms with Gasteiger partial charge in [0.25, 0.3) is 0 Å². The first-order valence-corrected chi connectivity index (χ1v) is 9.90. The number of nitrogens with zero attached hydrogens (tertiary/aromatic N) is 2. The fraction of sp³-hybridized carbons (Fsp3) is 0.409. The van der Waals surface area contributed by atoms with Gasteiger partial charge in [0.05, 0.1) is 0 Å². The van der Waals surface area contributed by atoms with Crippen LogP contribution in [0.25, 0.3) is 0 Å². The summed E-state index contributed by atoms with van der Waals surface area (Å²) in [4.78, 5) is 6.73. The molecule has 1 heterocycles. The second-order valence-electron chi connectivity index (χ2n) is 7.09. The summed E-state index contributed by atoms with van der Waals surface area (Å²) >= 11 is 0. The highest BCUT2D eigenvalue weighted by molar-refractivity contribution is 14.0. The number of guanidine groups is 1. The van der Waals surface area contributed by atoms with Crippen LogP contribution < -0.4 is 15.4 Å². The zero-order valence-electron chi connectivity index (χ0n) is 17.1. The molecule has 0 amide bonds. The molecule has 1 aliphatic rings. The maximum Gasteiger partial charge on any atom is 0.387 e. The minimum Gasteiger partial charge on any atom is -0.434 e. The number of para-hydroxylation sites is 1. The first-order chi connectivity index (χ1) is 14.1. The monoisotopic (exact) mass is 530 g/mol. The molecule has 0 saturated carbocycles. The molecule has 0 radical (unpaired) electrons. The van der Waals surface area contributed by atoms with Gasteiger partial charge >= 0.3 is 6.61 Å². The number of likely N-dealkylation sites (tertiary alicyclic amines) is 1. The summed E-state index contributed by atoms with van der Waals surface area (Å²) < 4.78 is 29.7. The van der Waals surface area contributed by atoms with Crippen LogP contribution in [0.5, 0.6) is 5.75 Å². The molecule has 2 aromatic rings. The molecule has 0 bridgehead atoms. The van der Waals surface area contributed by atoms with Crippen molar-refractivity contribution in [2.45, 2.75) is 38.6 Å². The van der Waals surface area contributed by atoms with Gasteiger partial charge in [0, 0.05) is 44.8 Å². The van der Waals surface area contributed by atoms with Crippen molar-refractivity contribution in [2.24, 2.45) is 4.99 Å². The van der Waals surface area contributed by atoms with E-state index >= 15 is 0 Å². The number of rotatable bonds is 7. The van der Waals surface area contributed by atoms with Crippen molar-refractivity contribution in [1.29, 1.82) is 0 Å². The molecule has 8 heteroatoms. The van der Waals surface area contributed by atoms with Crippen molar-refractivity contribution >= 4 is 29.9 Å². The van der Waals surface area contributed by atoms with Crippen LogP contribution in [0, 0.1) is 0 Å². The average molecular weight is 530 g/mol. The van der Waals surface area contributed by atoms with Crippen LogP contribution in [0.3, 0.4) is 0 Å². The number of alkyl halides is 2. The largest absolute Gasteiger partial charge is 0.434 e. The summed E-state index contributed by atoms with van der Waals surface area (Å²) in [5, 5.41) is 6.64. The van der Waals surface area contributed by atoms with Crippen LogP contribution in [0.15, 0.2) is 59.6 Å². The molecule has 2 N–H and O–H groups in total. The quantitative estimate of drug-likeness (QED) is 0.320. The van der Waals surface area contributed by atoms with Crippen molar-refractivity contribution < 1.29 is 13.5 Å². The van der Waals surface area contributed by atoms with E-state index < -0.39 is 6.61 Å². The van der Waals surface area contributed by atoms with E-state index in [1.807, 2.05) is 6.07 Å². The molecule has 1 fully saturated rings. The summed E-state index contributed by atoms with van der Waals surface area (Å²) in [6.45, 7) is 0.537. The second-order valence-corrected chi connectivity index (χ2v) is 7.09. The number of piperidine rings is 1. The Bertz CT molecular complexity index is 784. The van der Waals surface area contributed by atoms with Gasteiger partial charge in [0.15, 0.2) is 5.96 Å². The van der Waals surface area contributed by atoms with Crippen molar-refractivity contribution in [2.75, 3.05) is 20.1 Å². The molecule has 5 nitrogen and oxygen atoms in total. The molecular weight excluding hydrogens is 501 g/mol. The van der Waals surface area contributed by atoms with Gasteiger partial charge in [0.1, 0.15) is 5.75 Å². The highest BCUT2D eigenvalue weighted by Crippen LogP contribution is 2.20. The number of hydrogen-bond donors (Lipinski definition) is 2. The molecular formula is C22H29F2IN4O. The molecule has 3 rings (SSSR count). The summed E-state index contributed by atoms with van der Waals surface area (Å²) in [6, 6.07) is 17.6. The lowest BCUT2D eigenvalue weighted by Crippen LogP contribution is -2.48. The van der Waals surface area contributed by atoms with Crippen molar-refractivity contribution in [3.8, 4) is 5.75 Å². The van der Waals surface area contributed by atoms with Gasteiger partial charge < -0.3 is 15.4 Å². The molecule has 0 unspecified atom stereocenters. The number of halogens is 3. The first kappa shape index (κ1) is 24.3. The van der Waals surface area contributed by atoms with E-state index in [1.165, 1.54) is 5.56 Å². The van der Waals surface area contributed by atoms with E-state index in [-0.39, 0.29) is 29.7 Å². The molecule has 0 aliphatic carbocycles. The Hall–Kier alpha value is -1.94. The van der Waals surface area contributed by atoms with E-state index in [9.17, 15) is 8.78 Å². The first-order valence-electron chi connectivity index (χ1n) is 9.90. The highest BCUT2D eigenvalue weighted by Gasteiger charge is 2.20. The Labute approximate surface area is 193 Å². The highest BCUT2D eigenvalue weighted by atomic mass is 127. The minimum atomic E-state index is -2.84. The van der Waals surface area contributed by atoms with Crippen LogP contribution in [-0.2, 0) is 13.1 Å². The van der Waals surface area contributed by atoms with Gasteiger partial charge in [-0.15, -0.1) is 24.0 Å². The summed E-state index contributed by atoms with van der Waals surface area (Å²) in [6.07, 6.45) is 2.05. The van der Waals surface area contributed by atoms with Gasteiger partial charge in [-0.2, -0.15) is 8.78 Å². The fourth-order valence-electron chi connectivity index (χ4n) is 3.50. The van der Waals surface area contributed by atoms with Crippen LogP contribution in [0.2, 0.25) is 0 Å². The molecule has 1 aliphatic heterocycles. The molecule has 2 aromatic carbocycles. The predicted octanol–water partition coefficient (Wildman–Crippen LogP) is 4.24. The summed E-state index contributed by atoms with van der Waals surface area (Å²) in [5.41, 5.74) is 1.99. The lowest BCUT2D eigenvalue weighted by atomic mass is 10.0. The summed E-state index contributed by atoms with van der Waals surface area (Å²) in [5.74, 6) is 0.845. The SMILES string of the molecule is CN=C(NCc1ccccc1OC(F)F)NC1CCN(Cc2ccccc2)CC1.I. The lowest BCUT2D eigenvalue weighted by molar-refractivity contribution is -0.0504. The third-order valence-corrected chi connectivity index (χ3v) is 5.04. The van der Waals surface area contributed by atoms with E-state index in [0.29, 0.717) is 24.1 Å². The normalized spacial score (nSPS) is 15.5. The van der Waals surface area contributed by atoms with E-state index in [2.05, 4.69) is 49.5 Å². The number of aliphatic imine (C=N–C) groups is 1. The number of benzene rings is 2.